The Labute approximate surface area is 267 Å². The Bertz CT molecular complexity index is 1650. The molecule has 0 saturated heterocycles. The molecule has 0 bridgehead atoms. The van der Waals surface area contributed by atoms with E-state index in [2.05, 4.69) is 15.0 Å². The van der Waals surface area contributed by atoms with Crippen molar-refractivity contribution in [3.05, 3.63) is 111 Å². The summed E-state index contributed by atoms with van der Waals surface area (Å²) in [4.78, 5) is 43.3. The number of anilines is 2. The van der Waals surface area contributed by atoms with Gasteiger partial charge in [0.1, 0.15) is 16.7 Å². The van der Waals surface area contributed by atoms with Crippen LogP contribution in [0, 0.1) is 19.7 Å². The first-order chi connectivity index (χ1) is 21.7. The molecular formula is C35H38FN5O3S. The van der Waals surface area contributed by atoms with E-state index in [9.17, 15) is 18.8 Å². The Balaban J connectivity index is 1.52. The third-order valence-corrected chi connectivity index (χ3v) is 9.02. The van der Waals surface area contributed by atoms with E-state index < -0.39 is 29.6 Å². The number of nitrogen functional groups attached to an aromatic ring is 1. The summed E-state index contributed by atoms with van der Waals surface area (Å²) < 4.78 is 18.4. The molecule has 3 aromatic carbocycles. The Kier molecular flexibility index (Phi) is 10.2. The molecule has 3 amide bonds. The number of rotatable bonds is 10. The van der Waals surface area contributed by atoms with Crippen LogP contribution in [0.1, 0.15) is 80.6 Å². The summed E-state index contributed by atoms with van der Waals surface area (Å²) in [7, 11) is 0. The molecule has 8 nitrogen and oxygen atoms in total. The van der Waals surface area contributed by atoms with Crippen molar-refractivity contribution in [2.45, 2.75) is 64.5 Å². The van der Waals surface area contributed by atoms with Gasteiger partial charge in [0.25, 0.3) is 11.8 Å². The lowest BCUT2D eigenvalue weighted by Gasteiger charge is -2.32. The van der Waals surface area contributed by atoms with Crippen LogP contribution in [0.2, 0.25) is 0 Å². The molecule has 1 aliphatic rings. The van der Waals surface area contributed by atoms with E-state index in [1.165, 1.54) is 29.2 Å². The van der Waals surface area contributed by atoms with Crippen LogP contribution in [0.3, 0.4) is 0 Å². The fourth-order valence-electron chi connectivity index (χ4n) is 5.70. The molecule has 234 valence electrons. The van der Waals surface area contributed by atoms with Crippen molar-refractivity contribution in [1.82, 2.24) is 15.0 Å². The van der Waals surface area contributed by atoms with Crippen molar-refractivity contribution >= 4 is 40.6 Å². The maximum absolute atomic E-state index is 14.6. The molecule has 1 atom stereocenters. The molecular weight excluding hydrogens is 589 g/mol. The standard InChI is InChI=1S/C35H38FN5O3S/c1-22-13-14-23(2)28(21-22)41(35(44)32-29(37)30(40-45-32)33(42)39-27-11-7-4-8-12-27)31(25-15-17-26(36)18-16-25)34(43)38-20-19-24-9-5-3-6-10-24/h3,5-6,9-10,13-18,21,27,31H,4,7-8,11-12,19-20,37H2,1-2H3,(H,38,43)(H,39,42). The molecule has 1 aromatic heterocycles. The number of carbonyl (C=O) groups is 3. The number of aromatic nitrogens is 1. The zero-order chi connectivity index (χ0) is 31.9. The van der Waals surface area contributed by atoms with Gasteiger partial charge in [-0.2, -0.15) is 4.37 Å². The van der Waals surface area contributed by atoms with Crippen LogP contribution in [-0.2, 0) is 11.2 Å². The molecule has 4 N–H and O–H groups in total. The van der Waals surface area contributed by atoms with E-state index in [-0.39, 0.29) is 22.3 Å². The first-order valence-electron chi connectivity index (χ1n) is 15.3. The fraction of sp³-hybridized carbons (Fsp3) is 0.314. The third kappa shape index (κ3) is 7.57. The highest BCUT2D eigenvalue weighted by atomic mass is 32.1. The predicted molar refractivity (Wildman–Crippen MR) is 176 cm³/mol. The minimum Gasteiger partial charge on any atom is -0.395 e. The van der Waals surface area contributed by atoms with Crippen molar-refractivity contribution in [3.8, 4) is 0 Å². The van der Waals surface area contributed by atoms with Crippen LogP contribution < -0.4 is 21.3 Å². The monoisotopic (exact) mass is 627 g/mol. The fourth-order valence-corrected chi connectivity index (χ4v) is 6.44. The van der Waals surface area contributed by atoms with Gasteiger partial charge in [0.15, 0.2) is 5.69 Å². The number of nitrogens with zero attached hydrogens (tertiary/aromatic N) is 2. The van der Waals surface area contributed by atoms with Gasteiger partial charge in [-0.05, 0) is 85.1 Å². The molecule has 5 rings (SSSR count). The molecule has 1 heterocycles. The maximum Gasteiger partial charge on any atom is 0.273 e. The number of hydrogen-bond acceptors (Lipinski definition) is 6. The first kappa shape index (κ1) is 31.8. The number of halogens is 1. The average molecular weight is 628 g/mol. The summed E-state index contributed by atoms with van der Waals surface area (Å²) in [6.45, 7) is 4.07. The lowest BCUT2D eigenvalue weighted by molar-refractivity contribution is -0.122. The molecule has 0 aliphatic heterocycles. The van der Waals surface area contributed by atoms with Crippen molar-refractivity contribution < 1.29 is 18.8 Å². The van der Waals surface area contributed by atoms with Crippen LogP contribution in [0.4, 0.5) is 15.8 Å². The number of nitrogens with one attached hydrogen (secondary N) is 2. The molecule has 45 heavy (non-hydrogen) atoms. The molecule has 10 heteroatoms. The summed E-state index contributed by atoms with van der Waals surface area (Å²) in [6.07, 6.45) is 5.60. The summed E-state index contributed by atoms with van der Waals surface area (Å²) in [5.74, 6) is -1.90. The summed E-state index contributed by atoms with van der Waals surface area (Å²) in [5.41, 5.74) is 10.0. The van der Waals surface area contributed by atoms with Crippen molar-refractivity contribution in [2.75, 3.05) is 17.2 Å². The zero-order valence-corrected chi connectivity index (χ0v) is 26.3. The summed E-state index contributed by atoms with van der Waals surface area (Å²) in [5, 5.41) is 6.00. The second-order valence-electron chi connectivity index (χ2n) is 11.5. The SMILES string of the molecule is Cc1ccc(C)c(N(C(=O)c2snc(C(=O)NC3CCCCC3)c2N)C(C(=O)NCCc2ccccc2)c2ccc(F)cc2)c1. The molecule has 0 spiro atoms. The maximum atomic E-state index is 14.6. The molecule has 1 fully saturated rings. The van der Waals surface area contributed by atoms with Gasteiger partial charge in [0, 0.05) is 18.3 Å². The van der Waals surface area contributed by atoms with E-state index >= 15 is 0 Å². The molecule has 1 unspecified atom stereocenters. The zero-order valence-electron chi connectivity index (χ0n) is 25.5. The minimum atomic E-state index is -1.17. The lowest BCUT2D eigenvalue weighted by Crippen LogP contribution is -2.45. The number of aryl methyl sites for hydroxylation is 2. The van der Waals surface area contributed by atoms with E-state index in [4.69, 9.17) is 5.73 Å². The Morgan fingerprint density at radius 1 is 1.00 bits per heavy atom. The van der Waals surface area contributed by atoms with Crippen LogP contribution in [0.5, 0.6) is 0 Å². The Hall–Kier alpha value is -4.57. The normalized spacial score (nSPS) is 14.0. The van der Waals surface area contributed by atoms with Gasteiger partial charge in [-0.15, -0.1) is 0 Å². The van der Waals surface area contributed by atoms with Crippen molar-refractivity contribution in [3.63, 3.8) is 0 Å². The second-order valence-corrected chi connectivity index (χ2v) is 12.3. The number of benzene rings is 3. The van der Waals surface area contributed by atoms with Crippen molar-refractivity contribution in [1.29, 1.82) is 0 Å². The quantitative estimate of drug-likeness (QED) is 0.191. The topological polar surface area (TPSA) is 117 Å². The van der Waals surface area contributed by atoms with Crippen LogP contribution in [0.25, 0.3) is 0 Å². The molecule has 4 aromatic rings. The Morgan fingerprint density at radius 2 is 1.71 bits per heavy atom. The largest absolute Gasteiger partial charge is 0.395 e. The van der Waals surface area contributed by atoms with E-state index in [1.807, 2.05) is 62.4 Å². The number of carbonyl (C=O) groups excluding carboxylic acids is 3. The predicted octanol–water partition coefficient (Wildman–Crippen LogP) is 6.29. The number of nitrogens with two attached hydrogens (primary N) is 1. The highest BCUT2D eigenvalue weighted by Crippen LogP contribution is 2.35. The highest BCUT2D eigenvalue weighted by Gasteiger charge is 2.37. The molecule has 1 saturated carbocycles. The lowest BCUT2D eigenvalue weighted by atomic mass is 9.95. The summed E-state index contributed by atoms with van der Waals surface area (Å²) >= 11 is 0.831. The van der Waals surface area contributed by atoms with Crippen LogP contribution >= 0.6 is 11.5 Å². The molecule has 0 radical (unpaired) electrons. The van der Waals surface area contributed by atoms with Gasteiger partial charge >= 0.3 is 0 Å². The van der Waals surface area contributed by atoms with Gasteiger partial charge in [-0.25, -0.2) is 4.39 Å². The van der Waals surface area contributed by atoms with Gasteiger partial charge in [-0.3, -0.25) is 19.3 Å². The molecule has 1 aliphatic carbocycles. The summed E-state index contributed by atoms with van der Waals surface area (Å²) in [6, 6.07) is 19.8. The van der Waals surface area contributed by atoms with Gasteiger partial charge in [0.05, 0.1) is 5.69 Å². The Morgan fingerprint density at radius 3 is 2.42 bits per heavy atom. The average Bonchev–Trinajstić information content (AvgIpc) is 3.43. The first-order valence-corrected chi connectivity index (χ1v) is 16.0. The smallest absolute Gasteiger partial charge is 0.273 e. The van der Waals surface area contributed by atoms with E-state index in [0.717, 1.165) is 60.3 Å². The van der Waals surface area contributed by atoms with Crippen LogP contribution in [0.15, 0.2) is 72.8 Å². The van der Waals surface area contributed by atoms with Gasteiger partial charge in [0.2, 0.25) is 5.91 Å². The van der Waals surface area contributed by atoms with Gasteiger partial charge in [-0.1, -0.05) is 73.9 Å². The highest BCUT2D eigenvalue weighted by molar-refractivity contribution is 7.09. The van der Waals surface area contributed by atoms with Crippen LogP contribution in [-0.4, -0.2) is 34.7 Å². The number of hydrogen-bond donors (Lipinski definition) is 3. The van der Waals surface area contributed by atoms with Crippen molar-refractivity contribution in [2.24, 2.45) is 0 Å². The third-order valence-electron chi connectivity index (χ3n) is 8.17. The number of amides is 3. The minimum absolute atomic E-state index is 0.000447. The van der Waals surface area contributed by atoms with Gasteiger partial charge < -0.3 is 16.4 Å². The second kappa shape index (κ2) is 14.5. The van der Waals surface area contributed by atoms with E-state index in [1.54, 1.807) is 0 Å². The van der Waals surface area contributed by atoms with E-state index in [0.29, 0.717) is 24.2 Å².